The number of nitrogens with one attached hydrogen (secondary N) is 2. The smallest absolute Gasteiger partial charge is 0.314 e. The van der Waals surface area contributed by atoms with E-state index in [1.165, 1.54) is 0 Å². The zero-order chi connectivity index (χ0) is 15.5. The van der Waals surface area contributed by atoms with Gasteiger partial charge in [0.2, 0.25) is 0 Å². The molecule has 21 heavy (non-hydrogen) atoms. The summed E-state index contributed by atoms with van der Waals surface area (Å²) in [6.45, 7) is 4.16. The summed E-state index contributed by atoms with van der Waals surface area (Å²) >= 11 is 0. The summed E-state index contributed by atoms with van der Waals surface area (Å²) in [4.78, 5) is 11.5. The zero-order valence-electron chi connectivity index (χ0n) is 12.9. The molecule has 2 N–H and O–H groups in total. The molecule has 1 rings (SSSR count). The van der Waals surface area contributed by atoms with Crippen molar-refractivity contribution in [3.63, 3.8) is 0 Å². The van der Waals surface area contributed by atoms with Gasteiger partial charge in [0.05, 0.1) is 20.8 Å². The van der Waals surface area contributed by atoms with Crippen LogP contribution in [0.3, 0.4) is 0 Å². The van der Waals surface area contributed by atoms with Crippen molar-refractivity contribution in [2.45, 2.75) is 13.3 Å². The molecule has 0 atom stereocenters. The first-order valence-corrected chi connectivity index (χ1v) is 7.01. The molecule has 1 aromatic rings. The molecule has 6 heteroatoms. The Morgan fingerprint density at radius 2 is 1.81 bits per heavy atom. The molecule has 0 aromatic heterocycles. The maximum absolute atomic E-state index is 11.5. The lowest BCUT2D eigenvalue weighted by atomic mass is 10.1. The second-order valence-electron chi connectivity index (χ2n) is 4.32. The van der Waals surface area contributed by atoms with Crippen molar-refractivity contribution in [3.05, 3.63) is 23.8 Å². The average molecular weight is 296 g/mol. The second kappa shape index (κ2) is 9.88. The molecule has 0 spiro atoms. The Bertz CT molecular complexity index is 438. The van der Waals surface area contributed by atoms with Crippen LogP contribution < -0.4 is 20.1 Å². The highest BCUT2D eigenvalue weighted by atomic mass is 16.5. The highest BCUT2D eigenvalue weighted by Gasteiger charge is 2.05. The van der Waals surface area contributed by atoms with E-state index in [-0.39, 0.29) is 6.03 Å². The topological polar surface area (TPSA) is 68.8 Å². The molecule has 1 aromatic carbocycles. The Morgan fingerprint density at radius 3 is 2.48 bits per heavy atom. The highest BCUT2D eigenvalue weighted by Crippen LogP contribution is 2.27. The molecular formula is C15H24N2O4. The number of hydrogen-bond acceptors (Lipinski definition) is 4. The molecule has 2 amide bonds. The van der Waals surface area contributed by atoms with Crippen molar-refractivity contribution in [1.29, 1.82) is 0 Å². The summed E-state index contributed by atoms with van der Waals surface area (Å²) in [5.41, 5.74) is 1.07. The van der Waals surface area contributed by atoms with E-state index in [1.807, 2.05) is 25.1 Å². The number of urea groups is 1. The van der Waals surface area contributed by atoms with Gasteiger partial charge in [-0.1, -0.05) is 6.07 Å². The van der Waals surface area contributed by atoms with Gasteiger partial charge >= 0.3 is 6.03 Å². The maximum Gasteiger partial charge on any atom is 0.314 e. The summed E-state index contributed by atoms with van der Waals surface area (Å²) in [5, 5.41) is 5.52. The molecule has 0 unspecified atom stereocenters. The molecule has 0 aliphatic carbocycles. The third-order valence-corrected chi connectivity index (χ3v) is 2.88. The van der Waals surface area contributed by atoms with Crippen LogP contribution >= 0.6 is 0 Å². The number of ether oxygens (including phenoxy) is 3. The van der Waals surface area contributed by atoms with E-state index in [4.69, 9.17) is 14.2 Å². The standard InChI is InChI=1S/C15H24N2O4/c1-4-21-10-9-17-15(18)16-8-7-12-5-6-13(19-2)14(11-12)20-3/h5-6,11H,4,7-10H2,1-3H3,(H2,16,17,18). The van der Waals surface area contributed by atoms with Crippen molar-refractivity contribution in [1.82, 2.24) is 10.6 Å². The van der Waals surface area contributed by atoms with Crippen molar-refractivity contribution < 1.29 is 19.0 Å². The molecular weight excluding hydrogens is 272 g/mol. The van der Waals surface area contributed by atoms with E-state index >= 15 is 0 Å². The molecule has 0 radical (unpaired) electrons. The molecule has 0 heterocycles. The molecule has 0 bridgehead atoms. The largest absolute Gasteiger partial charge is 0.493 e. The SMILES string of the molecule is CCOCCNC(=O)NCCc1ccc(OC)c(OC)c1. The van der Waals surface area contributed by atoms with Crippen LogP contribution in [0.4, 0.5) is 4.79 Å². The fraction of sp³-hybridized carbons (Fsp3) is 0.533. The van der Waals surface area contributed by atoms with Gasteiger partial charge in [-0.05, 0) is 31.0 Å². The molecule has 6 nitrogen and oxygen atoms in total. The minimum atomic E-state index is -0.185. The van der Waals surface area contributed by atoms with Crippen LogP contribution in [-0.4, -0.2) is 46.6 Å². The van der Waals surface area contributed by atoms with Crippen LogP contribution in [0.25, 0.3) is 0 Å². The highest BCUT2D eigenvalue weighted by molar-refractivity contribution is 5.73. The van der Waals surface area contributed by atoms with Gasteiger partial charge in [-0.25, -0.2) is 4.79 Å². The first-order valence-electron chi connectivity index (χ1n) is 7.01. The van der Waals surface area contributed by atoms with Crippen LogP contribution in [0.5, 0.6) is 11.5 Å². The van der Waals surface area contributed by atoms with Crippen LogP contribution in [0.15, 0.2) is 18.2 Å². The molecule has 118 valence electrons. The van der Waals surface area contributed by atoms with E-state index < -0.39 is 0 Å². The first kappa shape index (κ1) is 17.1. The lowest BCUT2D eigenvalue weighted by molar-refractivity contribution is 0.149. The maximum atomic E-state index is 11.5. The lowest BCUT2D eigenvalue weighted by Gasteiger charge is -2.10. The third kappa shape index (κ3) is 6.35. The number of methoxy groups -OCH3 is 2. The van der Waals surface area contributed by atoms with Gasteiger partial charge in [-0.3, -0.25) is 0 Å². The summed E-state index contributed by atoms with van der Waals surface area (Å²) in [6, 6.07) is 5.54. The fourth-order valence-electron chi connectivity index (χ4n) is 1.80. The molecule has 0 saturated carbocycles. The monoisotopic (exact) mass is 296 g/mol. The zero-order valence-corrected chi connectivity index (χ0v) is 12.9. The fourth-order valence-corrected chi connectivity index (χ4v) is 1.80. The molecule has 0 fully saturated rings. The van der Waals surface area contributed by atoms with Gasteiger partial charge in [-0.2, -0.15) is 0 Å². The summed E-state index contributed by atoms with van der Waals surface area (Å²) in [7, 11) is 3.21. The van der Waals surface area contributed by atoms with Crippen molar-refractivity contribution >= 4 is 6.03 Å². The Kier molecular flexibility index (Phi) is 8.04. The second-order valence-corrected chi connectivity index (χ2v) is 4.32. The van der Waals surface area contributed by atoms with Crippen molar-refractivity contribution in [2.24, 2.45) is 0 Å². The number of carbonyl (C=O) groups is 1. The predicted molar refractivity (Wildman–Crippen MR) is 81.1 cm³/mol. The van der Waals surface area contributed by atoms with Crippen molar-refractivity contribution in [3.8, 4) is 11.5 Å². The van der Waals surface area contributed by atoms with Gasteiger partial charge in [0, 0.05) is 19.7 Å². The average Bonchev–Trinajstić information content (AvgIpc) is 2.51. The predicted octanol–water partition coefficient (Wildman–Crippen LogP) is 1.58. The van der Waals surface area contributed by atoms with Crippen LogP contribution in [0, 0.1) is 0 Å². The number of hydrogen-bond donors (Lipinski definition) is 2. The molecule has 0 aliphatic rings. The van der Waals surface area contributed by atoms with E-state index in [0.29, 0.717) is 37.8 Å². The van der Waals surface area contributed by atoms with Crippen LogP contribution in [0.1, 0.15) is 12.5 Å². The minimum absolute atomic E-state index is 0.185. The van der Waals surface area contributed by atoms with Gasteiger partial charge in [0.1, 0.15) is 0 Å². The van der Waals surface area contributed by atoms with Gasteiger partial charge < -0.3 is 24.8 Å². The lowest BCUT2D eigenvalue weighted by Crippen LogP contribution is -2.38. The Balaban J connectivity index is 2.30. The Morgan fingerprint density at radius 1 is 1.10 bits per heavy atom. The number of benzene rings is 1. The number of rotatable bonds is 9. The minimum Gasteiger partial charge on any atom is -0.493 e. The summed E-state index contributed by atoms with van der Waals surface area (Å²) in [6.07, 6.45) is 0.721. The van der Waals surface area contributed by atoms with E-state index in [0.717, 1.165) is 12.0 Å². The number of carbonyl (C=O) groups excluding carboxylic acids is 1. The van der Waals surface area contributed by atoms with E-state index in [2.05, 4.69) is 10.6 Å². The number of amides is 2. The van der Waals surface area contributed by atoms with Gasteiger partial charge in [0.25, 0.3) is 0 Å². The summed E-state index contributed by atoms with van der Waals surface area (Å²) < 4.78 is 15.6. The van der Waals surface area contributed by atoms with Gasteiger partial charge in [-0.15, -0.1) is 0 Å². The van der Waals surface area contributed by atoms with Crippen LogP contribution in [-0.2, 0) is 11.2 Å². The Hall–Kier alpha value is -1.95. The Labute approximate surface area is 125 Å². The molecule has 0 aliphatic heterocycles. The quantitative estimate of drug-likeness (QED) is 0.679. The third-order valence-electron chi connectivity index (χ3n) is 2.88. The normalized spacial score (nSPS) is 10.0. The van der Waals surface area contributed by atoms with Gasteiger partial charge in [0.15, 0.2) is 11.5 Å². The van der Waals surface area contributed by atoms with E-state index in [1.54, 1.807) is 14.2 Å². The van der Waals surface area contributed by atoms with E-state index in [9.17, 15) is 4.79 Å². The first-order chi connectivity index (χ1) is 10.2. The van der Waals surface area contributed by atoms with Crippen molar-refractivity contribution in [2.75, 3.05) is 40.5 Å². The molecule has 0 saturated heterocycles. The van der Waals surface area contributed by atoms with Crippen LogP contribution in [0.2, 0.25) is 0 Å². The summed E-state index contributed by atoms with van der Waals surface area (Å²) in [5.74, 6) is 1.39.